The van der Waals surface area contributed by atoms with Crippen LogP contribution in [0.1, 0.15) is 11.1 Å². The van der Waals surface area contributed by atoms with Crippen LogP contribution in [0.4, 0.5) is 5.69 Å². The average Bonchev–Trinajstić information content (AvgIpc) is 2.98. The van der Waals surface area contributed by atoms with E-state index < -0.39 is 0 Å². The van der Waals surface area contributed by atoms with E-state index in [1.807, 2.05) is 35.1 Å². The maximum Gasteiger partial charge on any atom is 0.125 e. The first kappa shape index (κ1) is 13.2. The fraction of sp³-hybridized carbons (Fsp3) is 0.133. The van der Waals surface area contributed by atoms with Crippen molar-refractivity contribution in [3.05, 3.63) is 58.1 Å². The zero-order chi connectivity index (χ0) is 14.1. The molecule has 0 saturated carbocycles. The van der Waals surface area contributed by atoms with Crippen LogP contribution in [-0.4, -0.2) is 9.78 Å². The van der Waals surface area contributed by atoms with Crippen LogP contribution >= 0.6 is 22.9 Å². The number of thiophene rings is 1. The van der Waals surface area contributed by atoms with E-state index in [0.717, 1.165) is 21.5 Å². The Labute approximate surface area is 126 Å². The van der Waals surface area contributed by atoms with Gasteiger partial charge in [-0.2, -0.15) is 5.10 Å². The second kappa shape index (κ2) is 5.31. The Balaban J connectivity index is 1.91. The number of rotatable bonds is 3. The first-order chi connectivity index (χ1) is 9.63. The summed E-state index contributed by atoms with van der Waals surface area (Å²) in [7, 11) is 0. The van der Waals surface area contributed by atoms with Gasteiger partial charge in [-0.3, -0.25) is 4.68 Å². The van der Waals surface area contributed by atoms with Crippen molar-refractivity contribution in [2.24, 2.45) is 0 Å². The predicted molar refractivity (Wildman–Crippen MR) is 85.2 cm³/mol. The molecule has 3 rings (SSSR count). The molecule has 0 aliphatic rings. The van der Waals surface area contributed by atoms with Crippen molar-refractivity contribution in [1.82, 2.24) is 9.78 Å². The summed E-state index contributed by atoms with van der Waals surface area (Å²) in [6.07, 6.45) is 1.87. The third-order valence-corrected chi connectivity index (χ3v) is 4.43. The molecule has 20 heavy (non-hydrogen) atoms. The van der Waals surface area contributed by atoms with Gasteiger partial charge >= 0.3 is 0 Å². The van der Waals surface area contributed by atoms with Gasteiger partial charge in [0.2, 0.25) is 0 Å². The Morgan fingerprint density at radius 1 is 1.25 bits per heavy atom. The van der Waals surface area contributed by atoms with E-state index in [2.05, 4.69) is 24.2 Å². The van der Waals surface area contributed by atoms with Crippen LogP contribution in [0.3, 0.4) is 0 Å². The van der Waals surface area contributed by atoms with Crippen molar-refractivity contribution in [3.8, 4) is 10.6 Å². The monoisotopic (exact) mass is 303 g/mol. The molecule has 0 radical (unpaired) electrons. The molecule has 2 heterocycles. The number of nitrogen functional groups attached to an aromatic ring is 1. The van der Waals surface area contributed by atoms with Crippen molar-refractivity contribution in [1.29, 1.82) is 0 Å². The molecule has 3 nitrogen and oxygen atoms in total. The molecule has 3 aromatic rings. The highest BCUT2D eigenvalue weighted by Gasteiger charge is 2.11. The molecule has 102 valence electrons. The van der Waals surface area contributed by atoms with Crippen LogP contribution in [-0.2, 0) is 6.54 Å². The smallest absolute Gasteiger partial charge is 0.125 e. The van der Waals surface area contributed by atoms with Crippen molar-refractivity contribution < 1.29 is 0 Å². The molecule has 5 heteroatoms. The van der Waals surface area contributed by atoms with E-state index in [9.17, 15) is 0 Å². The fourth-order valence-electron chi connectivity index (χ4n) is 2.11. The normalized spacial score (nSPS) is 10.9. The van der Waals surface area contributed by atoms with Crippen molar-refractivity contribution in [2.45, 2.75) is 13.5 Å². The van der Waals surface area contributed by atoms with Crippen molar-refractivity contribution in [3.63, 3.8) is 0 Å². The minimum atomic E-state index is 0.678. The molecule has 0 saturated heterocycles. The second-order valence-electron chi connectivity index (χ2n) is 4.66. The molecule has 0 bridgehead atoms. The maximum atomic E-state index is 6.05. The predicted octanol–water partition coefficient (Wildman–Crippen LogP) is 4.20. The van der Waals surface area contributed by atoms with Gasteiger partial charge in [0, 0.05) is 6.20 Å². The average molecular weight is 304 g/mol. The van der Waals surface area contributed by atoms with Crippen LogP contribution in [0.15, 0.2) is 42.6 Å². The van der Waals surface area contributed by atoms with Gasteiger partial charge in [0.25, 0.3) is 0 Å². The Morgan fingerprint density at radius 2 is 2.05 bits per heavy atom. The minimum absolute atomic E-state index is 0.678. The summed E-state index contributed by atoms with van der Waals surface area (Å²) in [6.45, 7) is 2.82. The summed E-state index contributed by atoms with van der Waals surface area (Å²) in [4.78, 5) is 0.996. The Kier molecular flexibility index (Phi) is 3.51. The highest BCUT2D eigenvalue weighted by Crippen LogP contribution is 2.33. The first-order valence-electron chi connectivity index (χ1n) is 6.26. The van der Waals surface area contributed by atoms with E-state index in [-0.39, 0.29) is 0 Å². The van der Waals surface area contributed by atoms with E-state index in [4.69, 9.17) is 17.3 Å². The Hall–Kier alpha value is -1.78. The number of aromatic nitrogens is 2. The van der Waals surface area contributed by atoms with E-state index >= 15 is 0 Å². The zero-order valence-electron chi connectivity index (χ0n) is 11.0. The number of hydrogen-bond donors (Lipinski definition) is 1. The molecule has 0 atom stereocenters. The number of aryl methyl sites for hydroxylation is 1. The maximum absolute atomic E-state index is 6.05. The number of nitrogens with zero attached hydrogens (tertiary/aromatic N) is 2. The molecule has 0 aliphatic carbocycles. The molecule has 2 N–H and O–H groups in total. The van der Waals surface area contributed by atoms with Crippen LogP contribution in [0, 0.1) is 6.92 Å². The Bertz CT molecular complexity index is 745. The van der Waals surface area contributed by atoms with Crippen molar-refractivity contribution >= 4 is 28.6 Å². The summed E-state index contributed by atoms with van der Waals surface area (Å²) < 4.78 is 2.62. The number of benzene rings is 1. The second-order valence-corrected chi connectivity index (χ2v) is 6.38. The van der Waals surface area contributed by atoms with Crippen molar-refractivity contribution in [2.75, 3.05) is 5.73 Å². The summed E-state index contributed by atoms with van der Waals surface area (Å²) in [6, 6.07) is 12.1. The van der Waals surface area contributed by atoms with Gasteiger partial charge in [0.15, 0.2) is 0 Å². The van der Waals surface area contributed by atoms with E-state index in [1.54, 1.807) is 0 Å². The number of halogens is 1. The van der Waals surface area contributed by atoms with Gasteiger partial charge in [0.1, 0.15) is 5.69 Å². The minimum Gasteiger partial charge on any atom is -0.396 e. The SMILES string of the molecule is Cc1ccccc1Cn1cc(N)c(-c2ccc(Cl)s2)n1. The molecular weight excluding hydrogens is 290 g/mol. The summed E-state index contributed by atoms with van der Waals surface area (Å²) in [5.74, 6) is 0. The van der Waals surface area contributed by atoms with Crippen LogP contribution in [0.2, 0.25) is 4.34 Å². The molecule has 2 aromatic heterocycles. The molecule has 0 spiro atoms. The summed E-state index contributed by atoms with van der Waals surface area (Å²) in [5.41, 5.74) is 10.0. The quantitative estimate of drug-likeness (QED) is 0.788. The lowest BCUT2D eigenvalue weighted by Crippen LogP contribution is -2.01. The van der Waals surface area contributed by atoms with Crippen LogP contribution in [0.5, 0.6) is 0 Å². The van der Waals surface area contributed by atoms with Crippen LogP contribution < -0.4 is 5.73 Å². The van der Waals surface area contributed by atoms with Gasteiger partial charge in [-0.15, -0.1) is 11.3 Å². The standard InChI is InChI=1S/C15H14ClN3S/c1-10-4-2-3-5-11(10)8-19-9-12(17)15(18-19)13-6-7-14(16)20-13/h2-7,9H,8,17H2,1H3. The third-order valence-electron chi connectivity index (χ3n) is 3.19. The topological polar surface area (TPSA) is 43.8 Å². The van der Waals surface area contributed by atoms with Gasteiger partial charge in [0.05, 0.1) is 21.4 Å². The van der Waals surface area contributed by atoms with Gasteiger partial charge in [-0.1, -0.05) is 35.9 Å². The number of nitrogens with two attached hydrogens (primary N) is 1. The van der Waals surface area contributed by atoms with Gasteiger partial charge in [-0.05, 0) is 30.2 Å². The van der Waals surface area contributed by atoms with Gasteiger partial charge in [-0.25, -0.2) is 0 Å². The zero-order valence-corrected chi connectivity index (χ0v) is 12.6. The number of anilines is 1. The highest BCUT2D eigenvalue weighted by atomic mass is 35.5. The summed E-state index contributed by atoms with van der Waals surface area (Å²) in [5, 5.41) is 4.57. The highest BCUT2D eigenvalue weighted by molar-refractivity contribution is 7.19. The molecule has 1 aromatic carbocycles. The molecule has 0 fully saturated rings. The van der Waals surface area contributed by atoms with Crippen LogP contribution in [0.25, 0.3) is 10.6 Å². The molecular formula is C15H14ClN3S. The van der Waals surface area contributed by atoms with Gasteiger partial charge < -0.3 is 5.73 Å². The lowest BCUT2D eigenvalue weighted by atomic mass is 10.1. The molecule has 0 unspecified atom stereocenters. The van der Waals surface area contributed by atoms with E-state index in [1.165, 1.54) is 22.5 Å². The van der Waals surface area contributed by atoms with E-state index in [0.29, 0.717) is 5.69 Å². The fourth-order valence-corrected chi connectivity index (χ4v) is 3.16. The Morgan fingerprint density at radius 3 is 2.75 bits per heavy atom. The molecule has 0 aliphatic heterocycles. The third kappa shape index (κ3) is 2.57. The molecule has 0 amide bonds. The summed E-state index contributed by atoms with van der Waals surface area (Å²) >= 11 is 7.45. The first-order valence-corrected chi connectivity index (χ1v) is 7.46. The lowest BCUT2D eigenvalue weighted by Gasteiger charge is -2.05. The lowest BCUT2D eigenvalue weighted by molar-refractivity contribution is 0.687. The number of hydrogen-bond acceptors (Lipinski definition) is 3. The largest absolute Gasteiger partial charge is 0.396 e.